The van der Waals surface area contributed by atoms with Gasteiger partial charge in [0.25, 0.3) is 10.2 Å². The SMILES string of the molecule is O=S(=O)(N1CCOCC1)N(CCCO)C1CCC1. The largest absolute Gasteiger partial charge is 0.396 e. The van der Waals surface area contributed by atoms with Gasteiger partial charge in [0.15, 0.2) is 0 Å². The third kappa shape index (κ3) is 3.03. The number of morpholine rings is 1. The number of hydrogen-bond donors (Lipinski definition) is 1. The lowest BCUT2D eigenvalue weighted by Crippen LogP contribution is -2.53. The van der Waals surface area contributed by atoms with Crippen molar-refractivity contribution in [2.45, 2.75) is 31.7 Å². The lowest BCUT2D eigenvalue weighted by molar-refractivity contribution is 0.0673. The van der Waals surface area contributed by atoms with Crippen molar-refractivity contribution in [3.63, 3.8) is 0 Å². The Bertz CT molecular complexity index is 350. The molecule has 0 aromatic carbocycles. The zero-order valence-electron chi connectivity index (χ0n) is 10.6. The summed E-state index contributed by atoms with van der Waals surface area (Å²) in [6.07, 6.45) is 3.48. The minimum absolute atomic E-state index is 0.0296. The molecule has 1 N–H and O–H groups in total. The molecule has 1 saturated heterocycles. The van der Waals surface area contributed by atoms with Gasteiger partial charge >= 0.3 is 0 Å². The highest BCUT2D eigenvalue weighted by atomic mass is 32.2. The lowest BCUT2D eigenvalue weighted by Gasteiger charge is -2.40. The Morgan fingerprint density at radius 3 is 2.44 bits per heavy atom. The van der Waals surface area contributed by atoms with Crippen LogP contribution in [0.5, 0.6) is 0 Å². The predicted octanol–water partition coefficient (Wildman–Crippen LogP) is -0.200. The van der Waals surface area contributed by atoms with E-state index in [2.05, 4.69) is 0 Å². The number of rotatable bonds is 6. The van der Waals surface area contributed by atoms with Gasteiger partial charge in [0.1, 0.15) is 0 Å². The summed E-state index contributed by atoms with van der Waals surface area (Å²) in [7, 11) is -3.38. The maximum atomic E-state index is 12.5. The van der Waals surface area contributed by atoms with E-state index in [9.17, 15) is 8.42 Å². The standard InChI is InChI=1S/C11H22N2O4S/c14-8-2-5-13(11-3-1-4-11)18(15,16)12-6-9-17-10-7-12/h11,14H,1-10H2. The van der Waals surface area contributed by atoms with Gasteiger partial charge in [0, 0.05) is 32.3 Å². The van der Waals surface area contributed by atoms with Crippen LogP contribution >= 0.6 is 0 Å². The highest BCUT2D eigenvalue weighted by molar-refractivity contribution is 7.86. The van der Waals surface area contributed by atoms with E-state index >= 15 is 0 Å². The average Bonchev–Trinajstić information content (AvgIpc) is 2.33. The van der Waals surface area contributed by atoms with E-state index in [0.29, 0.717) is 39.3 Å². The molecule has 106 valence electrons. The first-order chi connectivity index (χ1) is 8.66. The van der Waals surface area contributed by atoms with Crippen molar-refractivity contribution < 1.29 is 18.3 Å². The molecule has 0 atom stereocenters. The maximum Gasteiger partial charge on any atom is 0.282 e. The molecule has 0 spiro atoms. The molecule has 0 amide bonds. The van der Waals surface area contributed by atoms with Crippen LogP contribution in [0.4, 0.5) is 0 Å². The lowest BCUT2D eigenvalue weighted by atomic mass is 9.93. The smallest absolute Gasteiger partial charge is 0.282 e. The van der Waals surface area contributed by atoms with Crippen LogP contribution in [0.1, 0.15) is 25.7 Å². The van der Waals surface area contributed by atoms with E-state index < -0.39 is 10.2 Å². The zero-order chi connectivity index (χ0) is 13.0. The van der Waals surface area contributed by atoms with Gasteiger partial charge in [-0.15, -0.1) is 0 Å². The van der Waals surface area contributed by atoms with E-state index in [1.807, 2.05) is 0 Å². The summed E-state index contributed by atoms with van der Waals surface area (Å²) in [5.74, 6) is 0. The van der Waals surface area contributed by atoms with Gasteiger partial charge in [0.05, 0.1) is 13.2 Å². The van der Waals surface area contributed by atoms with Gasteiger partial charge in [-0.1, -0.05) is 6.42 Å². The topological polar surface area (TPSA) is 70.1 Å². The predicted molar refractivity (Wildman–Crippen MR) is 67.4 cm³/mol. The fourth-order valence-corrected chi connectivity index (χ4v) is 4.17. The Balaban J connectivity index is 2.06. The molecule has 7 heteroatoms. The van der Waals surface area contributed by atoms with Crippen LogP contribution in [0.15, 0.2) is 0 Å². The molecule has 18 heavy (non-hydrogen) atoms. The number of aliphatic hydroxyl groups is 1. The van der Waals surface area contributed by atoms with E-state index in [-0.39, 0.29) is 12.6 Å². The Kier molecular flexibility index (Phi) is 4.97. The zero-order valence-corrected chi connectivity index (χ0v) is 11.4. The third-order valence-corrected chi connectivity index (χ3v) is 5.70. The van der Waals surface area contributed by atoms with Crippen LogP contribution in [0.2, 0.25) is 0 Å². The van der Waals surface area contributed by atoms with Crippen molar-refractivity contribution in [1.82, 2.24) is 8.61 Å². The number of hydrogen-bond acceptors (Lipinski definition) is 4. The number of ether oxygens (including phenoxy) is 1. The quantitative estimate of drug-likeness (QED) is 0.730. The van der Waals surface area contributed by atoms with Crippen LogP contribution in [0.25, 0.3) is 0 Å². The van der Waals surface area contributed by atoms with Gasteiger partial charge < -0.3 is 9.84 Å². The molecule has 2 rings (SSSR count). The monoisotopic (exact) mass is 278 g/mol. The van der Waals surface area contributed by atoms with Crippen molar-refractivity contribution in [2.24, 2.45) is 0 Å². The molecule has 0 aromatic rings. The first kappa shape index (κ1) is 14.2. The average molecular weight is 278 g/mol. The molecule has 1 saturated carbocycles. The normalized spacial score (nSPS) is 23.2. The van der Waals surface area contributed by atoms with E-state index in [1.165, 1.54) is 4.31 Å². The van der Waals surface area contributed by atoms with Crippen molar-refractivity contribution in [3.8, 4) is 0 Å². The summed E-state index contributed by atoms with van der Waals surface area (Å²) in [5, 5.41) is 8.91. The Hall–Kier alpha value is -0.210. The summed E-state index contributed by atoms with van der Waals surface area (Å²) in [6.45, 7) is 2.26. The summed E-state index contributed by atoms with van der Waals surface area (Å²) in [5.41, 5.74) is 0. The molecule has 0 radical (unpaired) electrons. The van der Waals surface area contributed by atoms with Gasteiger partial charge in [-0.25, -0.2) is 0 Å². The van der Waals surface area contributed by atoms with E-state index in [1.54, 1.807) is 4.31 Å². The Morgan fingerprint density at radius 1 is 1.28 bits per heavy atom. The van der Waals surface area contributed by atoms with Crippen molar-refractivity contribution in [3.05, 3.63) is 0 Å². The van der Waals surface area contributed by atoms with Gasteiger partial charge in [-0.2, -0.15) is 17.0 Å². The van der Waals surface area contributed by atoms with Crippen LogP contribution in [0, 0.1) is 0 Å². The molecular weight excluding hydrogens is 256 g/mol. The van der Waals surface area contributed by atoms with E-state index in [4.69, 9.17) is 9.84 Å². The molecular formula is C11H22N2O4S. The maximum absolute atomic E-state index is 12.5. The summed E-state index contributed by atoms with van der Waals surface area (Å²) in [6, 6.07) is 0.129. The van der Waals surface area contributed by atoms with Crippen molar-refractivity contribution >= 4 is 10.2 Å². The fraction of sp³-hybridized carbons (Fsp3) is 1.00. The first-order valence-corrected chi connectivity index (χ1v) is 8.01. The first-order valence-electron chi connectivity index (χ1n) is 6.62. The molecule has 1 heterocycles. The van der Waals surface area contributed by atoms with Gasteiger partial charge in [-0.3, -0.25) is 0 Å². The molecule has 0 unspecified atom stereocenters. The molecule has 2 fully saturated rings. The van der Waals surface area contributed by atoms with Gasteiger partial charge in [-0.05, 0) is 19.3 Å². The van der Waals surface area contributed by atoms with Crippen LogP contribution in [-0.2, 0) is 14.9 Å². The minimum atomic E-state index is -3.38. The summed E-state index contributed by atoms with van der Waals surface area (Å²) in [4.78, 5) is 0. The van der Waals surface area contributed by atoms with Crippen LogP contribution in [-0.4, -0.2) is 67.6 Å². The van der Waals surface area contributed by atoms with Crippen molar-refractivity contribution in [2.75, 3.05) is 39.5 Å². The highest BCUT2D eigenvalue weighted by Gasteiger charge is 2.37. The van der Waals surface area contributed by atoms with Crippen LogP contribution in [0.3, 0.4) is 0 Å². The third-order valence-electron chi connectivity index (χ3n) is 3.61. The number of aliphatic hydroxyl groups excluding tert-OH is 1. The second-order valence-corrected chi connectivity index (χ2v) is 6.67. The van der Waals surface area contributed by atoms with Crippen LogP contribution < -0.4 is 0 Å². The molecule has 6 nitrogen and oxygen atoms in total. The summed E-state index contributed by atoms with van der Waals surface area (Å²) < 4.78 is 33.4. The van der Waals surface area contributed by atoms with E-state index in [0.717, 1.165) is 19.3 Å². The molecule has 0 aromatic heterocycles. The Morgan fingerprint density at radius 2 is 1.94 bits per heavy atom. The second-order valence-electron chi connectivity index (χ2n) is 4.79. The second kappa shape index (κ2) is 6.29. The highest BCUT2D eigenvalue weighted by Crippen LogP contribution is 2.28. The minimum Gasteiger partial charge on any atom is -0.396 e. The molecule has 1 aliphatic carbocycles. The number of nitrogens with zero attached hydrogens (tertiary/aromatic N) is 2. The van der Waals surface area contributed by atoms with Crippen molar-refractivity contribution in [1.29, 1.82) is 0 Å². The Labute approximate surface area is 109 Å². The molecule has 0 bridgehead atoms. The molecule has 1 aliphatic heterocycles. The fourth-order valence-electron chi connectivity index (χ4n) is 2.31. The van der Waals surface area contributed by atoms with Gasteiger partial charge in [0.2, 0.25) is 0 Å². The molecule has 2 aliphatic rings. The summed E-state index contributed by atoms with van der Waals surface area (Å²) >= 11 is 0.